The SMILES string of the molecule is CCCCOc1ccc(C(=O)NC(=S)NNC(=O)COc2cc(C)ccc2C(C)C)cc1Br. The normalized spacial score (nSPS) is 10.5. The number of amides is 2. The fraction of sp³-hybridized carbons (Fsp3) is 0.375. The first-order valence-corrected chi connectivity index (χ1v) is 12.0. The van der Waals surface area contributed by atoms with Gasteiger partial charge in [-0.25, -0.2) is 0 Å². The van der Waals surface area contributed by atoms with E-state index in [0.29, 0.717) is 28.1 Å². The number of hydrogen-bond acceptors (Lipinski definition) is 5. The molecule has 7 nitrogen and oxygen atoms in total. The molecule has 2 aromatic carbocycles. The van der Waals surface area contributed by atoms with Crippen LogP contribution in [0.1, 0.15) is 61.0 Å². The fourth-order valence-corrected chi connectivity index (χ4v) is 3.48. The van der Waals surface area contributed by atoms with Crippen molar-refractivity contribution in [2.75, 3.05) is 13.2 Å². The molecule has 2 rings (SSSR count). The van der Waals surface area contributed by atoms with Gasteiger partial charge in [0, 0.05) is 5.56 Å². The van der Waals surface area contributed by atoms with Gasteiger partial charge in [0.25, 0.3) is 11.8 Å². The third-order valence-corrected chi connectivity index (χ3v) is 5.47. The van der Waals surface area contributed by atoms with Crippen molar-refractivity contribution in [3.63, 3.8) is 0 Å². The molecule has 2 amide bonds. The molecule has 0 saturated heterocycles. The number of benzene rings is 2. The standard InChI is InChI=1S/C24H30BrN3O4S/c1-5-6-11-31-20-10-8-17(13-19(20)25)23(30)26-24(33)28-27-22(29)14-32-21-12-16(4)7-9-18(21)15(2)3/h7-10,12-13,15H,5-6,11,14H2,1-4H3,(H,27,29)(H2,26,28,30,33). The van der Waals surface area contributed by atoms with Crippen LogP contribution in [0.2, 0.25) is 0 Å². The van der Waals surface area contributed by atoms with Gasteiger partial charge in [0.05, 0.1) is 11.1 Å². The van der Waals surface area contributed by atoms with Crippen LogP contribution in [-0.2, 0) is 4.79 Å². The molecule has 0 unspecified atom stereocenters. The first-order chi connectivity index (χ1) is 15.7. The summed E-state index contributed by atoms with van der Waals surface area (Å²) in [6.07, 6.45) is 1.99. The number of halogens is 1. The molecule has 0 bridgehead atoms. The van der Waals surface area contributed by atoms with Crippen LogP contribution in [0.5, 0.6) is 11.5 Å². The Bertz CT molecular complexity index is 998. The molecule has 0 aromatic heterocycles. The number of rotatable bonds is 9. The molecule has 0 radical (unpaired) electrons. The lowest BCUT2D eigenvalue weighted by molar-refractivity contribution is -0.123. The number of unbranched alkanes of at least 4 members (excludes halogenated alkanes) is 1. The van der Waals surface area contributed by atoms with Crippen LogP contribution in [0.25, 0.3) is 0 Å². The second-order valence-corrected chi connectivity index (χ2v) is 9.05. The highest BCUT2D eigenvalue weighted by Gasteiger charge is 2.13. The van der Waals surface area contributed by atoms with Crippen molar-refractivity contribution in [1.82, 2.24) is 16.2 Å². The molecule has 2 aromatic rings. The van der Waals surface area contributed by atoms with Crippen LogP contribution in [0, 0.1) is 6.92 Å². The Labute approximate surface area is 208 Å². The summed E-state index contributed by atoms with van der Waals surface area (Å²) in [7, 11) is 0. The van der Waals surface area contributed by atoms with E-state index in [1.165, 1.54) is 0 Å². The number of hydrogen-bond donors (Lipinski definition) is 3. The van der Waals surface area contributed by atoms with Gasteiger partial charge in [-0.2, -0.15) is 0 Å². The summed E-state index contributed by atoms with van der Waals surface area (Å²) in [5.74, 6) is 0.756. The summed E-state index contributed by atoms with van der Waals surface area (Å²) in [5, 5.41) is 2.48. The van der Waals surface area contributed by atoms with E-state index >= 15 is 0 Å². The van der Waals surface area contributed by atoms with E-state index < -0.39 is 11.8 Å². The smallest absolute Gasteiger partial charge is 0.276 e. The Morgan fingerprint density at radius 2 is 1.82 bits per heavy atom. The predicted molar refractivity (Wildman–Crippen MR) is 137 cm³/mol. The van der Waals surface area contributed by atoms with Gasteiger partial charge >= 0.3 is 0 Å². The van der Waals surface area contributed by atoms with E-state index in [-0.39, 0.29) is 17.6 Å². The topological polar surface area (TPSA) is 88.7 Å². The van der Waals surface area contributed by atoms with Gasteiger partial charge in [-0.1, -0.05) is 39.3 Å². The first kappa shape index (κ1) is 26.6. The minimum atomic E-state index is -0.431. The van der Waals surface area contributed by atoms with Crippen molar-refractivity contribution < 1.29 is 19.1 Å². The van der Waals surface area contributed by atoms with Crippen LogP contribution >= 0.6 is 28.1 Å². The lowest BCUT2D eigenvalue weighted by Gasteiger charge is -2.15. The van der Waals surface area contributed by atoms with E-state index in [1.54, 1.807) is 18.2 Å². The summed E-state index contributed by atoms with van der Waals surface area (Å²) in [6, 6.07) is 10.9. The summed E-state index contributed by atoms with van der Waals surface area (Å²) in [4.78, 5) is 24.6. The largest absolute Gasteiger partial charge is 0.492 e. The van der Waals surface area contributed by atoms with Crippen molar-refractivity contribution in [1.29, 1.82) is 0 Å². The minimum Gasteiger partial charge on any atom is -0.492 e. The highest BCUT2D eigenvalue weighted by atomic mass is 79.9. The first-order valence-electron chi connectivity index (χ1n) is 10.8. The summed E-state index contributed by atoms with van der Waals surface area (Å²) < 4.78 is 12.0. The Morgan fingerprint density at radius 1 is 1.06 bits per heavy atom. The number of aryl methyl sites for hydroxylation is 1. The molecule has 0 heterocycles. The van der Waals surface area contributed by atoms with E-state index in [9.17, 15) is 9.59 Å². The molecule has 0 fully saturated rings. The maximum Gasteiger partial charge on any atom is 0.276 e. The minimum absolute atomic E-state index is 0.0360. The molecule has 0 aliphatic heterocycles. The van der Waals surface area contributed by atoms with Crippen molar-refractivity contribution in [3.8, 4) is 11.5 Å². The maximum atomic E-state index is 12.4. The highest BCUT2D eigenvalue weighted by Crippen LogP contribution is 2.27. The van der Waals surface area contributed by atoms with Gasteiger partial charge in [-0.15, -0.1) is 0 Å². The van der Waals surface area contributed by atoms with E-state index in [1.807, 2.05) is 25.1 Å². The molecule has 0 atom stereocenters. The average Bonchev–Trinajstić information content (AvgIpc) is 2.77. The zero-order valence-corrected chi connectivity index (χ0v) is 21.7. The second kappa shape index (κ2) is 13.2. The summed E-state index contributed by atoms with van der Waals surface area (Å²) in [5.41, 5.74) is 7.40. The third kappa shape index (κ3) is 8.66. The summed E-state index contributed by atoms with van der Waals surface area (Å²) in [6.45, 7) is 8.59. The van der Waals surface area contributed by atoms with Crippen molar-refractivity contribution in [3.05, 3.63) is 57.6 Å². The predicted octanol–water partition coefficient (Wildman–Crippen LogP) is 4.77. The number of ether oxygens (including phenoxy) is 2. The number of nitrogens with one attached hydrogen (secondary N) is 3. The van der Waals surface area contributed by atoms with Crippen LogP contribution < -0.4 is 25.6 Å². The molecule has 9 heteroatoms. The van der Waals surface area contributed by atoms with E-state index in [0.717, 1.165) is 24.0 Å². The Kier molecular flexibility index (Phi) is 10.6. The van der Waals surface area contributed by atoms with E-state index in [2.05, 4.69) is 52.9 Å². The molecule has 33 heavy (non-hydrogen) atoms. The van der Waals surface area contributed by atoms with Crippen LogP contribution in [0.15, 0.2) is 40.9 Å². The molecule has 0 aliphatic carbocycles. The molecule has 3 N–H and O–H groups in total. The van der Waals surface area contributed by atoms with Crippen LogP contribution in [-0.4, -0.2) is 30.1 Å². The monoisotopic (exact) mass is 535 g/mol. The number of hydrazine groups is 1. The summed E-state index contributed by atoms with van der Waals surface area (Å²) >= 11 is 8.51. The maximum absolute atomic E-state index is 12.4. The van der Waals surface area contributed by atoms with Crippen molar-refractivity contribution >= 4 is 45.1 Å². The van der Waals surface area contributed by atoms with Gasteiger partial charge < -0.3 is 9.47 Å². The molecule has 0 spiro atoms. The zero-order chi connectivity index (χ0) is 24.4. The lowest BCUT2D eigenvalue weighted by atomic mass is 10.0. The van der Waals surface area contributed by atoms with Gasteiger partial charge in [0.2, 0.25) is 0 Å². The lowest BCUT2D eigenvalue weighted by Crippen LogP contribution is -2.49. The van der Waals surface area contributed by atoms with Gasteiger partial charge in [-0.3, -0.25) is 25.8 Å². The second-order valence-electron chi connectivity index (χ2n) is 7.79. The zero-order valence-electron chi connectivity index (χ0n) is 19.3. The molecule has 0 saturated carbocycles. The quantitative estimate of drug-likeness (QED) is 0.243. The Hall–Kier alpha value is -2.65. The number of thiocarbonyl (C=S) groups is 1. The van der Waals surface area contributed by atoms with E-state index in [4.69, 9.17) is 21.7 Å². The van der Waals surface area contributed by atoms with Gasteiger partial charge in [0.1, 0.15) is 11.5 Å². The van der Waals surface area contributed by atoms with Gasteiger partial charge in [0.15, 0.2) is 11.7 Å². The number of carbonyl (C=O) groups excluding carboxylic acids is 2. The third-order valence-electron chi connectivity index (χ3n) is 4.64. The number of carbonyl (C=O) groups is 2. The van der Waals surface area contributed by atoms with Crippen LogP contribution in [0.4, 0.5) is 0 Å². The molecular formula is C24H30BrN3O4S. The van der Waals surface area contributed by atoms with Crippen LogP contribution in [0.3, 0.4) is 0 Å². The Balaban J connectivity index is 1.82. The molecular weight excluding hydrogens is 506 g/mol. The Morgan fingerprint density at radius 3 is 2.48 bits per heavy atom. The average molecular weight is 536 g/mol. The fourth-order valence-electron chi connectivity index (χ4n) is 2.84. The molecule has 178 valence electrons. The highest BCUT2D eigenvalue weighted by molar-refractivity contribution is 9.10. The van der Waals surface area contributed by atoms with Gasteiger partial charge in [-0.05, 0) is 82.8 Å². The van der Waals surface area contributed by atoms with Crippen molar-refractivity contribution in [2.45, 2.75) is 46.5 Å². The molecule has 0 aliphatic rings. The van der Waals surface area contributed by atoms with Crippen molar-refractivity contribution in [2.24, 2.45) is 0 Å².